The number of nitrogens with one attached hydrogen (secondary N) is 4. The zero-order chi connectivity index (χ0) is 96.4. The molecule has 3 fully saturated rings. The van der Waals surface area contributed by atoms with Crippen molar-refractivity contribution in [3.63, 3.8) is 0 Å². The molecule has 6 aromatic carbocycles. The Balaban J connectivity index is 0.000000125. The Kier molecular flexibility index (Phi) is 31.5. The Labute approximate surface area is 830 Å². The Morgan fingerprint density at radius 2 is 0.745 bits per heavy atom. The molecule has 37 nitrogen and oxygen atoms in total. The van der Waals surface area contributed by atoms with Crippen LogP contribution in [0.4, 0.5) is 14.4 Å². The van der Waals surface area contributed by atoms with E-state index in [4.69, 9.17) is 48.0 Å². The number of ketones is 1. The number of fused-ring (bicyclic) bond motifs is 27. The summed E-state index contributed by atoms with van der Waals surface area (Å²) >= 11 is 9.32. The van der Waals surface area contributed by atoms with Gasteiger partial charge in [-0.3, -0.25) is 53.3 Å². The minimum Gasteiger partial charge on any atom is -0.724 e. The van der Waals surface area contributed by atoms with Gasteiger partial charge in [0.15, 0.2) is 0 Å². The summed E-state index contributed by atoms with van der Waals surface area (Å²) in [5, 5.41) is 21.5. The predicted molar refractivity (Wildman–Crippen MR) is 515 cm³/mol. The van der Waals surface area contributed by atoms with Crippen LogP contribution in [0.2, 0.25) is 0 Å². The van der Waals surface area contributed by atoms with Gasteiger partial charge in [-0.1, -0.05) is 133 Å². The summed E-state index contributed by atoms with van der Waals surface area (Å²) in [6.45, 7) is 19.6. The number of rotatable bonds is 27. The van der Waals surface area contributed by atoms with Crippen LogP contribution in [0, 0.1) is 0 Å². The molecule has 11 amide bonds. The normalized spacial score (nSPS) is 21.8. The molecule has 702 valence electrons. The number of amides is 11. The molecule has 2 radical (unpaired) electrons. The van der Waals surface area contributed by atoms with E-state index in [2.05, 4.69) is 58.4 Å². The van der Waals surface area contributed by atoms with E-state index < -0.39 is 94.4 Å². The fourth-order valence-electron chi connectivity index (χ4n) is 18.5. The molecule has 21 rings (SSSR count). The number of hydrogen-bond acceptors (Lipinski definition) is 32. The summed E-state index contributed by atoms with van der Waals surface area (Å²) in [5.74, 6) is -2.65. The van der Waals surface area contributed by atoms with Crippen LogP contribution in [0.1, 0.15) is 142 Å². The zero-order valence-electron chi connectivity index (χ0n) is 73.3. The van der Waals surface area contributed by atoms with E-state index in [9.17, 15) is 70.9 Å². The summed E-state index contributed by atoms with van der Waals surface area (Å²) < 4.78 is 43.4. The minimum atomic E-state index is -5.13. The zero-order valence-corrected chi connectivity index (χ0v) is 81.0. The topological polar surface area (TPSA) is 515 Å². The van der Waals surface area contributed by atoms with E-state index in [1.807, 2.05) is 127 Å². The fraction of sp³-hybridized carbons (Fsp3) is 0.256. The van der Waals surface area contributed by atoms with Gasteiger partial charge in [0.1, 0.15) is 54.1 Å². The van der Waals surface area contributed by atoms with Crippen molar-refractivity contribution in [2.75, 3.05) is 65.7 Å². The molecular formula is C90H88B2N17NaO20S7. The van der Waals surface area contributed by atoms with Crippen molar-refractivity contribution in [2.24, 2.45) is 28.7 Å². The number of urea groups is 3. The van der Waals surface area contributed by atoms with Crippen molar-refractivity contribution < 1.29 is 124 Å². The van der Waals surface area contributed by atoms with Gasteiger partial charge in [-0.25, -0.2) is 22.8 Å². The van der Waals surface area contributed by atoms with Crippen LogP contribution in [0.5, 0.6) is 0 Å². The number of carbonyl (C=O) groups is 11. The van der Waals surface area contributed by atoms with Crippen molar-refractivity contribution in [1.82, 2.24) is 61.3 Å². The number of nitrogens with two attached hydrogens (primary N) is 5. The molecule has 0 saturated carbocycles. The average molecular weight is 2000 g/mol. The van der Waals surface area contributed by atoms with Crippen LogP contribution in [0.25, 0.3) is 60.5 Å². The molecule has 9 aliphatic rings. The first-order valence-electron chi connectivity index (χ1n) is 42.3. The molecule has 47 heteroatoms. The van der Waals surface area contributed by atoms with E-state index in [1.54, 1.807) is 98.3 Å². The fourth-order valence-corrected chi connectivity index (χ4v) is 26.6. The standard InChI is InChI=1S/C17H18BN2O3S.C16H17BN3O3S.C16H15N3O3S.C15H17N3O2S.C13H11N3O6S2.C13H11N3O3S.Na/c1-3-8-23-19-13-9-20(18-10-21)16(11(2)22)15-12-6-4-5-7-14(12)24-17(13)15;1-2-7-23-19-11-8-20(17-9-21)14(16(18)22)13-10-5-3-4-6-12(10)24-15(11)13;1-2-7-22-19-10-8-18(16(19)21)13(15(17)20)12-9-5-3-4-6-11(9)23-14(10)12;1-2-7-20-18-10-8-17-13(15(16)19)12-9-5-3-4-6-11(9)21-14(10)12;14-12(17)10-9-6-3-1-2-4-8(6)23-11(9)7-5-15(10)13(18)16(7)22-24(19,20)21;14-12(17)10-9-6-3-1-2-4-8(6)20-11(9)7-5-15(10)13(18)16(7)19;/h3-7,10,13,16,19H,1,8-9H2,2H3;2-6,9,11,14,19H,1,7-8H2,(H2,18,22);2-6,10,13H,1,7-8H2,(H2,17,20);2-6,10,13,17-18H,1,7-8H2,(H2,16,19);1-4,7,10H,5H2,(H2,14,17)(H,19,20,21);1-4,7,10,19H,5H2,(H2,14,17);/q;;;;;;+1/p-1/t;;10?,13-;;2*7?,10-;/m..0.00./s1. The van der Waals surface area contributed by atoms with Crippen molar-refractivity contribution in [3.05, 3.63) is 259 Å². The molecule has 15 N–H and O–H groups in total. The van der Waals surface area contributed by atoms with Crippen LogP contribution >= 0.6 is 68.0 Å². The van der Waals surface area contributed by atoms with Crippen molar-refractivity contribution >= 4 is 220 Å². The molecular weight excluding hydrogens is 1910 g/mol. The smallest absolute Gasteiger partial charge is 0.724 e. The van der Waals surface area contributed by atoms with Crippen LogP contribution in [0.3, 0.4) is 0 Å². The number of Topliss-reactive ketones (excluding diaryl/α,β-unsaturated/α-hetero) is 1. The third-order valence-corrected chi connectivity index (χ3v) is 31.8. The summed E-state index contributed by atoms with van der Waals surface area (Å²) in [5.41, 5.74) is 41.8. The molecule has 6 aromatic heterocycles. The molecule has 9 aliphatic heterocycles. The summed E-state index contributed by atoms with van der Waals surface area (Å²) in [6.07, 6.45) is 7.95. The maximum atomic E-state index is 12.6. The first-order valence-corrected chi connectivity index (χ1v) is 48.5. The third kappa shape index (κ3) is 19.6. The Hall–Kier alpha value is -11.2. The number of benzene rings is 6. The molecule has 6 bridgehead atoms. The maximum absolute atomic E-state index is 12.6. The number of primary amides is 5. The largest absolute Gasteiger partial charge is 1.00 e. The van der Waals surface area contributed by atoms with Gasteiger partial charge in [0.25, 0.3) is 14.8 Å². The van der Waals surface area contributed by atoms with Crippen LogP contribution < -0.4 is 80.0 Å². The van der Waals surface area contributed by atoms with E-state index >= 15 is 0 Å². The second kappa shape index (κ2) is 43.0. The number of hydrogen-bond donors (Lipinski definition) is 10. The van der Waals surface area contributed by atoms with Gasteiger partial charge in [0, 0.05) is 105 Å². The van der Waals surface area contributed by atoms with E-state index in [1.165, 1.54) is 52.4 Å². The second-order valence-corrected chi connectivity index (χ2v) is 39.4. The monoisotopic (exact) mass is 2000 g/mol. The molecule has 12 aromatic rings. The SMILES string of the molecule is C=CCON1C(=O)N2CC1c1sc3ccccc3c1[C@H]2C(N)=O.C=CCONC1CN([B]C=O)C(C(C)=O)c2c1sc1ccccc21.C=CCONC1CN([B]C=O)C(C(N)=O)c2c1sc1ccccc21.C=CCONC1CNC(C(N)=O)c2c1sc1ccccc21.NC(=O)[C@@H]1c2c(sc3ccccc23)C2CN1C(=O)N2O.NC(=O)[C@@H]1c2c(sc3ccccc23)C2CN1C(=O)N2OS(=O)(=O)[O-].[Na+]. The molecule has 12 atom stereocenters. The maximum Gasteiger partial charge on any atom is 1.00 e. The Morgan fingerprint density at radius 3 is 1.10 bits per heavy atom. The quantitative estimate of drug-likeness (QED) is 0.00360. The van der Waals surface area contributed by atoms with Gasteiger partial charge < -0.3 is 72.4 Å². The number of thiophene rings is 6. The molecule has 137 heavy (non-hydrogen) atoms. The van der Waals surface area contributed by atoms with Gasteiger partial charge in [-0.2, -0.15) is 35.9 Å². The van der Waals surface area contributed by atoms with Crippen LogP contribution in [0.15, 0.2) is 196 Å². The van der Waals surface area contributed by atoms with Crippen LogP contribution in [-0.2, 0) is 72.4 Å². The number of hydroxylamine groups is 9. The molecule has 0 spiro atoms. The van der Waals surface area contributed by atoms with E-state index in [0.29, 0.717) is 79.3 Å². The second-order valence-electron chi connectivity index (χ2n) is 31.9. The van der Waals surface area contributed by atoms with Gasteiger partial charge >= 0.3 is 47.7 Å². The van der Waals surface area contributed by atoms with E-state index in [-0.39, 0.29) is 84.6 Å². The molecule has 9 unspecified atom stereocenters. The third-order valence-electron chi connectivity index (χ3n) is 23.7. The minimum absolute atomic E-state index is 0. The van der Waals surface area contributed by atoms with Crippen LogP contribution in [-0.4, -0.2) is 204 Å². The number of carbonyl (C=O) groups excluding carboxylic acids is 11. The molecule has 0 aliphatic carbocycles. The van der Waals surface area contributed by atoms with E-state index in [0.717, 1.165) is 124 Å². The summed E-state index contributed by atoms with van der Waals surface area (Å²) in [7, 11) is -2.34. The first kappa shape index (κ1) is 100. The van der Waals surface area contributed by atoms with Gasteiger partial charge in [-0.15, -0.1) is 94.3 Å². The molecule has 3 saturated heterocycles. The predicted octanol–water partition coefficient (Wildman–Crippen LogP) is 7.05. The van der Waals surface area contributed by atoms with Crippen molar-refractivity contribution in [1.29, 1.82) is 0 Å². The summed E-state index contributed by atoms with van der Waals surface area (Å²) in [6, 6.07) is 39.1. The van der Waals surface area contributed by atoms with Gasteiger partial charge in [0.2, 0.25) is 39.9 Å². The summed E-state index contributed by atoms with van der Waals surface area (Å²) in [4.78, 5) is 166. The van der Waals surface area contributed by atoms with Gasteiger partial charge in [0.05, 0.1) is 82.6 Å². The Morgan fingerprint density at radius 1 is 0.438 bits per heavy atom. The van der Waals surface area contributed by atoms with Crippen molar-refractivity contribution in [3.8, 4) is 0 Å². The average Bonchev–Trinajstić information content (AvgIpc) is 1.56. The first-order chi connectivity index (χ1) is 65.6. The Bertz CT molecular complexity index is 6770. The van der Waals surface area contributed by atoms with Crippen molar-refractivity contribution in [2.45, 2.75) is 79.4 Å². The molecule has 15 heterocycles. The number of nitrogens with zero attached hydrogens (tertiary/aromatic N) is 8. The van der Waals surface area contributed by atoms with Gasteiger partial charge in [-0.05, 0) is 81.2 Å².